The van der Waals surface area contributed by atoms with Crippen LogP contribution in [0, 0.1) is 0 Å². The predicted molar refractivity (Wildman–Crippen MR) is 95.7 cm³/mol. The van der Waals surface area contributed by atoms with Crippen LogP contribution in [0.2, 0.25) is 0 Å². The second-order valence-electron chi connectivity index (χ2n) is 6.25. The number of likely N-dealkylation sites (N-methyl/N-ethyl adjacent to an activating group) is 1. The summed E-state index contributed by atoms with van der Waals surface area (Å²) in [5.41, 5.74) is 2.16. The number of hydrogen-bond acceptors (Lipinski definition) is 3. The molecule has 1 heterocycles. The Morgan fingerprint density at radius 2 is 1.62 bits per heavy atom. The fourth-order valence-electron chi connectivity index (χ4n) is 2.83. The maximum Gasteiger partial charge on any atom is 0.240 e. The lowest BCUT2D eigenvalue weighted by Gasteiger charge is -2.31. The Bertz CT molecular complexity index is 753. The first kappa shape index (κ1) is 17.0. The minimum absolute atomic E-state index is 0.293. The first-order chi connectivity index (χ1) is 11.5. The topological polar surface area (TPSA) is 53.9 Å². The van der Waals surface area contributed by atoms with Crippen molar-refractivity contribution >= 4 is 15.7 Å². The van der Waals surface area contributed by atoms with Crippen molar-refractivity contribution in [2.24, 2.45) is 0 Å². The molecule has 0 amide bonds. The Kier molecular flexibility index (Phi) is 5.18. The van der Waals surface area contributed by atoms with Gasteiger partial charge in [-0.15, -0.1) is 0 Å². The molecule has 0 spiro atoms. The number of nitrogens with one attached hydrogen (secondary N) is 2. The lowest BCUT2D eigenvalue weighted by molar-refractivity contribution is -0.880. The quantitative estimate of drug-likeness (QED) is 0.829. The normalized spacial score (nSPS) is 16.3. The number of hydrogen-bond donors (Lipinski definition) is 2. The SMILES string of the molecule is C[NH+]1CCN(c2ccc(CNS(=O)(=O)c3ccccc3)cc2)CC1. The fourth-order valence-corrected chi connectivity index (χ4v) is 3.87. The summed E-state index contributed by atoms with van der Waals surface area (Å²) in [5, 5.41) is 0. The van der Waals surface area contributed by atoms with Crippen molar-refractivity contribution in [3.63, 3.8) is 0 Å². The van der Waals surface area contributed by atoms with E-state index in [0.717, 1.165) is 31.7 Å². The number of nitrogens with zero attached hydrogens (tertiary/aromatic N) is 1. The van der Waals surface area contributed by atoms with Gasteiger partial charge in [0.1, 0.15) is 0 Å². The third kappa shape index (κ3) is 4.14. The van der Waals surface area contributed by atoms with Gasteiger partial charge >= 0.3 is 0 Å². The van der Waals surface area contributed by atoms with Crippen LogP contribution < -0.4 is 14.5 Å². The first-order valence-electron chi connectivity index (χ1n) is 8.24. The molecule has 0 saturated carbocycles. The van der Waals surface area contributed by atoms with Crippen LogP contribution in [-0.2, 0) is 16.6 Å². The molecule has 2 aromatic carbocycles. The van der Waals surface area contributed by atoms with Gasteiger partial charge in [0.2, 0.25) is 10.0 Å². The number of benzene rings is 2. The summed E-state index contributed by atoms with van der Waals surface area (Å²) in [6, 6.07) is 16.6. The average molecular weight is 346 g/mol. The number of anilines is 1. The average Bonchev–Trinajstić information content (AvgIpc) is 2.62. The largest absolute Gasteiger partial charge is 0.360 e. The molecule has 3 rings (SSSR count). The molecule has 2 N–H and O–H groups in total. The van der Waals surface area contributed by atoms with Gasteiger partial charge in [0.05, 0.1) is 38.1 Å². The highest BCUT2D eigenvalue weighted by Crippen LogP contribution is 2.16. The van der Waals surface area contributed by atoms with E-state index < -0.39 is 10.0 Å². The standard InChI is InChI=1S/C18H23N3O2S/c1-20-11-13-21(14-12-20)17-9-7-16(8-10-17)15-19-24(22,23)18-5-3-2-4-6-18/h2-10,19H,11-15H2,1H3/p+1. The molecule has 1 fully saturated rings. The van der Waals surface area contributed by atoms with Gasteiger partial charge in [-0.3, -0.25) is 0 Å². The molecule has 0 radical (unpaired) electrons. The molecule has 0 bridgehead atoms. The number of quaternary nitrogens is 1. The van der Waals surface area contributed by atoms with Crippen LogP contribution in [0.25, 0.3) is 0 Å². The summed E-state index contributed by atoms with van der Waals surface area (Å²) in [6.07, 6.45) is 0. The zero-order valence-electron chi connectivity index (χ0n) is 13.9. The molecule has 1 saturated heterocycles. The Morgan fingerprint density at radius 1 is 1.00 bits per heavy atom. The van der Waals surface area contributed by atoms with Gasteiger partial charge in [0, 0.05) is 12.2 Å². The summed E-state index contributed by atoms with van der Waals surface area (Å²) >= 11 is 0. The van der Waals surface area contributed by atoms with Crippen molar-refractivity contribution in [3.05, 3.63) is 60.2 Å². The molecule has 1 aliphatic rings. The Labute approximate surface area is 144 Å². The van der Waals surface area contributed by atoms with E-state index in [1.807, 2.05) is 12.1 Å². The molecule has 0 unspecified atom stereocenters. The number of rotatable bonds is 5. The molecule has 128 valence electrons. The molecule has 6 heteroatoms. The Balaban J connectivity index is 1.60. The minimum atomic E-state index is -3.46. The van der Waals surface area contributed by atoms with E-state index in [1.165, 1.54) is 5.69 Å². The summed E-state index contributed by atoms with van der Waals surface area (Å²) in [5.74, 6) is 0. The lowest BCUT2D eigenvalue weighted by Crippen LogP contribution is -3.12. The van der Waals surface area contributed by atoms with E-state index in [-0.39, 0.29) is 0 Å². The van der Waals surface area contributed by atoms with Gasteiger partial charge in [-0.05, 0) is 29.8 Å². The molecular weight excluding hydrogens is 322 g/mol. The summed E-state index contributed by atoms with van der Waals surface area (Å²) in [6.45, 7) is 4.72. The maximum absolute atomic E-state index is 12.2. The van der Waals surface area contributed by atoms with E-state index in [9.17, 15) is 8.42 Å². The summed E-state index contributed by atoms with van der Waals surface area (Å²) in [4.78, 5) is 4.24. The maximum atomic E-state index is 12.2. The smallest absolute Gasteiger partial charge is 0.240 e. The molecule has 2 aromatic rings. The van der Waals surface area contributed by atoms with Crippen molar-refractivity contribution in [2.75, 3.05) is 38.1 Å². The fraction of sp³-hybridized carbons (Fsp3) is 0.333. The predicted octanol–water partition coefficient (Wildman–Crippen LogP) is 0.500. The van der Waals surface area contributed by atoms with Crippen molar-refractivity contribution in [2.45, 2.75) is 11.4 Å². The van der Waals surface area contributed by atoms with E-state index in [1.54, 1.807) is 35.2 Å². The zero-order chi connectivity index (χ0) is 17.0. The van der Waals surface area contributed by atoms with Gasteiger partial charge in [0.25, 0.3) is 0 Å². The highest BCUT2D eigenvalue weighted by Gasteiger charge is 2.17. The van der Waals surface area contributed by atoms with Crippen molar-refractivity contribution in [1.82, 2.24) is 4.72 Å². The third-order valence-corrected chi connectivity index (χ3v) is 5.86. The minimum Gasteiger partial charge on any atom is -0.360 e. The van der Waals surface area contributed by atoms with Gasteiger partial charge in [0.15, 0.2) is 0 Å². The van der Waals surface area contributed by atoms with E-state index in [0.29, 0.717) is 11.4 Å². The van der Waals surface area contributed by atoms with Crippen molar-refractivity contribution in [3.8, 4) is 0 Å². The summed E-state index contributed by atoms with van der Waals surface area (Å²) < 4.78 is 27.1. The van der Waals surface area contributed by atoms with E-state index >= 15 is 0 Å². The van der Waals surface area contributed by atoms with Gasteiger partial charge in [-0.25, -0.2) is 13.1 Å². The van der Waals surface area contributed by atoms with Gasteiger partial charge in [-0.1, -0.05) is 30.3 Å². The molecule has 1 aliphatic heterocycles. The summed E-state index contributed by atoms with van der Waals surface area (Å²) in [7, 11) is -1.24. The first-order valence-corrected chi connectivity index (χ1v) is 9.73. The van der Waals surface area contributed by atoms with Crippen LogP contribution >= 0.6 is 0 Å². The van der Waals surface area contributed by atoms with E-state index in [2.05, 4.69) is 28.8 Å². The second kappa shape index (κ2) is 7.34. The van der Waals surface area contributed by atoms with Gasteiger partial charge in [-0.2, -0.15) is 0 Å². The highest BCUT2D eigenvalue weighted by molar-refractivity contribution is 7.89. The van der Waals surface area contributed by atoms with E-state index in [4.69, 9.17) is 0 Å². The van der Waals surface area contributed by atoms with Gasteiger partial charge < -0.3 is 9.80 Å². The lowest BCUT2D eigenvalue weighted by atomic mass is 10.2. The Morgan fingerprint density at radius 3 is 2.25 bits per heavy atom. The van der Waals surface area contributed by atoms with Crippen LogP contribution in [0.3, 0.4) is 0 Å². The number of sulfonamides is 1. The van der Waals surface area contributed by atoms with Crippen LogP contribution in [-0.4, -0.2) is 41.6 Å². The van der Waals surface area contributed by atoms with Crippen LogP contribution in [0.4, 0.5) is 5.69 Å². The van der Waals surface area contributed by atoms with Crippen LogP contribution in [0.5, 0.6) is 0 Å². The molecule has 0 atom stereocenters. The molecular formula is C18H24N3O2S+. The van der Waals surface area contributed by atoms with Crippen LogP contribution in [0.15, 0.2) is 59.5 Å². The zero-order valence-corrected chi connectivity index (χ0v) is 14.7. The molecule has 24 heavy (non-hydrogen) atoms. The molecule has 5 nitrogen and oxygen atoms in total. The number of piperazine rings is 1. The molecule has 0 aromatic heterocycles. The third-order valence-electron chi connectivity index (χ3n) is 4.44. The van der Waals surface area contributed by atoms with Crippen molar-refractivity contribution < 1.29 is 13.3 Å². The highest BCUT2D eigenvalue weighted by atomic mass is 32.2. The Hall–Kier alpha value is -1.89. The van der Waals surface area contributed by atoms with Crippen LogP contribution in [0.1, 0.15) is 5.56 Å². The molecule has 0 aliphatic carbocycles. The van der Waals surface area contributed by atoms with Crippen molar-refractivity contribution in [1.29, 1.82) is 0 Å². The monoisotopic (exact) mass is 346 g/mol. The second-order valence-corrected chi connectivity index (χ2v) is 8.02.